The molecular formula is C18H19BrN2O3S. The molecule has 1 amide bonds. The molecule has 0 aliphatic heterocycles. The Balaban J connectivity index is 1.95. The van der Waals surface area contributed by atoms with Crippen molar-refractivity contribution in [1.82, 2.24) is 5.32 Å². The first-order valence-corrected chi connectivity index (χ1v) is 8.81. The Kier molecular flexibility index (Phi) is 6.78. The molecule has 0 unspecified atom stereocenters. The van der Waals surface area contributed by atoms with Crippen molar-refractivity contribution in [2.24, 2.45) is 0 Å². The third-order valence-electron chi connectivity index (χ3n) is 3.13. The average molecular weight is 423 g/mol. The first-order valence-electron chi connectivity index (χ1n) is 7.61. The molecule has 0 radical (unpaired) electrons. The van der Waals surface area contributed by atoms with Crippen LogP contribution in [0.3, 0.4) is 0 Å². The van der Waals surface area contributed by atoms with Crippen LogP contribution in [0.4, 0.5) is 5.69 Å². The Hall–Kier alpha value is -2.12. The summed E-state index contributed by atoms with van der Waals surface area (Å²) in [4.78, 5) is 12.3. The predicted octanol–water partition coefficient (Wildman–Crippen LogP) is 4.37. The number of hydrogen-bond acceptors (Lipinski definition) is 4. The SMILES string of the molecule is COc1ccc(C(=O)NC(=S)Nc2ccc(OC(C)C)cc2)cc1Br. The van der Waals surface area contributed by atoms with Crippen LogP contribution in [0.2, 0.25) is 0 Å². The van der Waals surface area contributed by atoms with Gasteiger partial charge in [-0.05, 0) is 84.5 Å². The van der Waals surface area contributed by atoms with Crippen LogP contribution in [0.25, 0.3) is 0 Å². The molecule has 2 aromatic carbocycles. The van der Waals surface area contributed by atoms with Gasteiger partial charge < -0.3 is 14.8 Å². The smallest absolute Gasteiger partial charge is 0.257 e. The van der Waals surface area contributed by atoms with Crippen molar-refractivity contribution in [3.05, 3.63) is 52.5 Å². The maximum absolute atomic E-state index is 12.3. The molecule has 0 spiro atoms. The molecule has 132 valence electrons. The zero-order valence-corrected chi connectivity index (χ0v) is 16.5. The fourth-order valence-corrected chi connectivity index (χ4v) is 2.79. The Morgan fingerprint density at radius 3 is 2.40 bits per heavy atom. The number of nitrogens with one attached hydrogen (secondary N) is 2. The van der Waals surface area contributed by atoms with Gasteiger partial charge in [0.1, 0.15) is 11.5 Å². The highest BCUT2D eigenvalue weighted by atomic mass is 79.9. The van der Waals surface area contributed by atoms with Crippen LogP contribution in [0.5, 0.6) is 11.5 Å². The second-order valence-electron chi connectivity index (χ2n) is 5.45. The summed E-state index contributed by atoms with van der Waals surface area (Å²) < 4.78 is 11.4. The van der Waals surface area contributed by atoms with Crippen molar-refractivity contribution >= 4 is 44.9 Å². The summed E-state index contributed by atoms with van der Waals surface area (Å²) in [7, 11) is 1.57. The molecule has 2 N–H and O–H groups in total. The van der Waals surface area contributed by atoms with Gasteiger partial charge in [0.15, 0.2) is 5.11 Å². The van der Waals surface area contributed by atoms with E-state index in [1.54, 1.807) is 25.3 Å². The van der Waals surface area contributed by atoms with Crippen LogP contribution >= 0.6 is 28.1 Å². The van der Waals surface area contributed by atoms with E-state index in [1.165, 1.54) is 0 Å². The molecule has 5 nitrogen and oxygen atoms in total. The van der Waals surface area contributed by atoms with Crippen molar-refractivity contribution in [2.75, 3.05) is 12.4 Å². The van der Waals surface area contributed by atoms with Gasteiger partial charge in [0.05, 0.1) is 17.7 Å². The normalized spacial score (nSPS) is 10.3. The zero-order valence-electron chi connectivity index (χ0n) is 14.1. The standard InChI is InChI=1S/C18H19BrN2O3S/c1-11(2)24-14-7-5-13(6-8-14)20-18(25)21-17(22)12-4-9-16(23-3)15(19)10-12/h4-11H,1-3H3,(H2,20,21,22,25). The van der Waals surface area contributed by atoms with Crippen LogP contribution in [0.15, 0.2) is 46.9 Å². The lowest BCUT2D eigenvalue weighted by atomic mass is 10.2. The number of benzene rings is 2. The molecule has 0 aliphatic carbocycles. The molecule has 0 aromatic heterocycles. The van der Waals surface area contributed by atoms with Crippen molar-refractivity contribution in [3.63, 3.8) is 0 Å². The fraction of sp³-hybridized carbons (Fsp3) is 0.222. The van der Waals surface area contributed by atoms with Crippen molar-refractivity contribution in [1.29, 1.82) is 0 Å². The van der Waals surface area contributed by atoms with Crippen molar-refractivity contribution in [3.8, 4) is 11.5 Å². The van der Waals surface area contributed by atoms with Gasteiger partial charge >= 0.3 is 0 Å². The summed E-state index contributed by atoms with van der Waals surface area (Å²) in [5, 5.41) is 5.83. The third kappa shape index (κ3) is 5.72. The van der Waals surface area contributed by atoms with Gasteiger partial charge in [0, 0.05) is 11.3 Å². The number of rotatable bonds is 5. The molecule has 0 heterocycles. The molecule has 25 heavy (non-hydrogen) atoms. The average Bonchev–Trinajstić information content (AvgIpc) is 2.56. The summed E-state index contributed by atoms with van der Waals surface area (Å²) in [6.07, 6.45) is 0.114. The van der Waals surface area contributed by atoms with E-state index in [0.29, 0.717) is 15.8 Å². The summed E-state index contributed by atoms with van der Waals surface area (Å²) in [6, 6.07) is 12.4. The van der Waals surface area contributed by atoms with Gasteiger partial charge in [-0.3, -0.25) is 10.1 Å². The molecule has 2 rings (SSSR count). The lowest BCUT2D eigenvalue weighted by molar-refractivity contribution is 0.0977. The Labute approximate surface area is 160 Å². The van der Waals surface area contributed by atoms with E-state index in [-0.39, 0.29) is 17.1 Å². The molecular weight excluding hydrogens is 404 g/mol. The topological polar surface area (TPSA) is 59.6 Å². The Morgan fingerprint density at radius 2 is 1.84 bits per heavy atom. The minimum absolute atomic E-state index is 0.114. The number of halogens is 1. The minimum atomic E-state index is -0.305. The lowest BCUT2D eigenvalue weighted by Gasteiger charge is -2.12. The number of hydrogen-bond donors (Lipinski definition) is 2. The van der Waals surface area contributed by atoms with E-state index >= 15 is 0 Å². The maximum Gasteiger partial charge on any atom is 0.257 e. The van der Waals surface area contributed by atoms with E-state index in [1.807, 2.05) is 38.1 Å². The molecule has 0 atom stereocenters. The van der Waals surface area contributed by atoms with E-state index in [2.05, 4.69) is 26.6 Å². The quantitative estimate of drug-likeness (QED) is 0.700. The third-order valence-corrected chi connectivity index (χ3v) is 3.95. The molecule has 0 saturated heterocycles. The highest BCUT2D eigenvalue weighted by molar-refractivity contribution is 9.10. The highest BCUT2D eigenvalue weighted by Gasteiger charge is 2.10. The minimum Gasteiger partial charge on any atom is -0.496 e. The first kappa shape index (κ1) is 19.2. The van der Waals surface area contributed by atoms with Crippen molar-refractivity contribution < 1.29 is 14.3 Å². The van der Waals surface area contributed by atoms with E-state index < -0.39 is 0 Å². The van der Waals surface area contributed by atoms with Crippen LogP contribution in [0.1, 0.15) is 24.2 Å². The summed E-state index contributed by atoms with van der Waals surface area (Å²) in [6.45, 7) is 3.93. The van der Waals surface area contributed by atoms with E-state index in [9.17, 15) is 4.79 Å². The maximum atomic E-state index is 12.3. The lowest BCUT2D eigenvalue weighted by Crippen LogP contribution is -2.34. The number of carbonyl (C=O) groups is 1. The van der Waals surface area contributed by atoms with Crippen LogP contribution in [0, 0.1) is 0 Å². The number of ether oxygens (including phenoxy) is 2. The Bertz CT molecular complexity index is 763. The highest BCUT2D eigenvalue weighted by Crippen LogP contribution is 2.25. The molecule has 0 fully saturated rings. The zero-order chi connectivity index (χ0) is 18.4. The number of methoxy groups -OCH3 is 1. The molecule has 0 saturated carbocycles. The fourth-order valence-electron chi connectivity index (χ4n) is 2.03. The largest absolute Gasteiger partial charge is 0.496 e. The molecule has 2 aromatic rings. The van der Waals surface area contributed by atoms with Gasteiger partial charge in [0.25, 0.3) is 5.91 Å². The van der Waals surface area contributed by atoms with E-state index in [4.69, 9.17) is 21.7 Å². The predicted molar refractivity (Wildman–Crippen MR) is 107 cm³/mol. The van der Waals surface area contributed by atoms with Gasteiger partial charge in [0.2, 0.25) is 0 Å². The molecule has 0 aliphatic rings. The van der Waals surface area contributed by atoms with Crippen molar-refractivity contribution in [2.45, 2.75) is 20.0 Å². The summed E-state index contributed by atoms with van der Waals surface area (Å²) in [5.41, 5.74) is 1.23. The number of carbonyl (C=O) groups excluding carboxylic acids is 1. The van der Waals surface area contributed by atoms with Gasteiger partial charge in [-0.1, -0.05) is 0 Å². The first-order chi connectivity index (χ1) is 11.9. The van der Waals surface area contributed by atoms with Gasteiger partial charge in [-0.15, -0.1) is 0 Å². The summed E-state index contributed by atoms with van der Waals surface area (Å²) >= 11 is 8.54. The number of thiocarbonyl (C=S) groups is 1. The second-order valence-corrected chi connectivity index (χ2v) is 6.71. The molecule has 0 bridgehead atoms. The van der Waals surface area contributed by atoms with Crippen LogP contribution in [-0.4, -0.2) is 24.2 Å². The number of anilines is 1. The molecule has 7 heteroatoms. The van der Waals surface area contributed by atoms with Gasteiger partial charge in [-0.2, -0.15) is 0 Å². The monoisotopic (exact) mass is 422 g/mol. The van der Waals surface area contributed by atoms with Crippen LogP contribution in [-0.2, 0) is 0 Å². The second kappa shape index (κ2) is 8.82. The Morgan fingerprint density at radius 1 is 1.16 bits per heavy atom. The van der Waals surface area contributed by atoms with E-state index in [0.717, 1.165) is 11.4 Å². The number of amides is 1. The summed E-state index contributed by atoms with van der Waals surface area (Å²) in [5.74, 6) is 1.13. The van der Waals surface area contributed by atoms with Gasteiger partial charge in [-0.25, -0.2) is 0 Å². The van der Waals surface area contributed by atoms with Crippen LogP contribution < -0.4 is 20.1 Å².